The summed E-state index contributed by atoms with van der Waals surface area (Å²) in [6.45, 7) is 11.4. The first-order chi connectivity index (χ1) is 8.13. The van der Waals surface area contributed by atoms with Crippen LogP contribution >= 0.6 is 0 Å². The van der Waals surface area contributed by atoms with Crippen LogP contribution in [0.4, 0.5) is 8.78 Å². The molecular formula is C14H22F2OSi. The first-order valence-electron chi connectivity index (χ1n) is 6.21. The maximum Gasteiger partial charge on any atom is 0.191 e. The lowest BCUT2D eigenvalue weighted by Gasteiger charge is -2.36. The molecule has 18 heavy (non-hydrogen) atoms. The van der Waals surface area contributed by atoms with Crippen molar-refractivity contribution in [3.63, 3.8) is 0 Å². The van der Waals surface area contributed by atoms with Crippen LogP contribution in [-0.2, 0) is 10.8 Å². The molecule has 0 saturated carbocycles. The highest BCUT2D eigenvalue weighted by Crippen LogP contribution is 2.36. The average Bonchev–Trinajstić information content (AvgIpc) is 2.21. The smallest absolute Gasteiger partial charge is 0.191 e. The molecule has 102 valence electrons. The van der Waals surface area contributed by atoms with Gasteiger partial charge in [0.05, 0.1) is 0 Å². The van der Waals surface area contributed by atoms with E-state index in [2.05, 4.69) is 33.9 Å². The van der Waals surface area contributed by atoms with E-state index in [1.54, 1.807) is 6.07 Å². The molecule has 0 N–H and O–H groups in total. The third kappa shape index (κ3) is 3.88. The Morgan fingerprint density at radius 1 is 1.11 bits per heavy atom. The van der Waals surface area contributed by atoms with Gasteiger partial charge in [-0.15, -0.1) is 0 Å². The van der Waals surface area contributed by atoms with Crippen molar-refractivity contribution in [3.8, 4) is 0 Å². The van der Waals surface area contributed by atoms with Crippen molar-refractivity contribution in [3.05, 3.63) is 35.4 Å². The third-order valence-corrected chi connectivity index (χ3v) is 8.18. The Kier molecular flexibility index (Phi) is 4.67. The van der Waals surface area contributed by atoms with Crippen molar-refractivity contribution in [1.82, 2.24) is 0 Å². The topological polar surface area (TPSA) is 9.23 Å². The lowest BCUT2D eigenvalue weighted by Crippen LogP contribution is -2.41. The summed E-state index contributed by atoms with van der Waals surface area (Å²) in [5, 5.41) is 0.168. The van der Waals surface area contributed by atoms with Gasteiger partial charge in [0, 0.05) is 6.61 Å². The molecule has 0 bridgehead atoms. The van der Waals surface area contributed by atoms with E-state index < -0.39 is 20.0 Å². The highest BCUT2D eigenvalue weighted by Gasteiger charge is 2.36. The highest BCUT2D eigenvalue weighted by molar-refractivity contribution is 6.74. The molecule has 1 aromatic rings. The van der Waals surface area contributed by atoms with Crippen molar-refractivity contribution in [2.75, 3.05) is 6.61 Å². The number of rotatable bonds is 4. The molecule has 0 unspecified atom stereocenters. The van der Waals surface area contributed by atoms with Crippen LogP contribution in [0.25, 0.3) is 0 Å². The normalized spacial score (nSPS) is 12.8. The summed E-state index contributed by atoms with van der Waals surface area (Å²) in [6, 6.07) is 4.01. The lowest BCUT2D eigenvalue weighted by atomic mass is 10.1. The van der Waals surface area contributed by atoms with Crippen molar-refractivity contribution in [2.45, 2.75) is 45.3 Å². The highest BCUT2D eigenvalue weighted by atomic mass is 28.4. The zero-order valence-corrected chi connectivity index (χ0v) is 12.8. The van der Waals surface area contributed by atoms with E-state index in [9.17, 15) is 8.78 Å². The molecule has 0 amide bonds. The van der Waals surface area contributed by atoms with E-state index >= 15 is 0 Å². The molecule has 1 rings (SSSR count). The van der Waals surface area contributed by atoms with E-state index in [0.717, 1.165) is 11.6 Å². The summed E-state index contributed by atoms with van der Waals surface area (Å²) in [7, 11) is -1.75. The average molecular weight is 272 g/mol. The Morgan fingerprint density at radius 3 is 2.22 bits per heavy atom. The van der Waals surface area contributed by atoms with Gasteiger partial charge in [-0.1, -0.05) is 26.8 Å². The molecule has 0 spiro atoms. The van der Waals surface area contributed by atoms with Gasteiger partial charge in [0.1, 0.15) is 0 Å². The van der Waals surface area contributed by atoms with Crippen LogP contribution in [0.15, 0.2) is 18.2 Å². The van der Waals surface area contributed by atoms with Crippen molar-refractivity contribution < 1.29 is 13.2 Å². The van der Waals surface area contributed by atoms with Gasteiger partial charge < -0.3 is 4.43 Å². The fraction of sp³-hybridized carbons (Fsp3) is 0.571. The lowest BCUT2D eigenvalue weighted by molar-refractivity contribution is 0.291. The van der Waals surface area contributed by atoms with Gasteiger partial charge in [-0.25, -0.2) is 8.78 Å². The van der Waals surface area contributed by atoms with Crippen molar-refractivity contribution in [2.24, 2.45) is 0 Å². The summed E-state index contributed by atoms with van der Waals surface area (Å²) >= 11 is 0. The van der Waals surface area contributed by atoms with Crippen molar-refractivity contribution >= 4 is 8.32 Å². The van der Waals surface area contributed by atoms with E-state index in [4.69, 9.17) is 4.43 Å². The number of hydrogen-bond acceptors (Lipinski definition) is 1. The molecule has 4 heteroatoms. The fourth-order valence-corrected chi connectivity index (χ4v) is 2.38. The number of hydrogen-bond donors (Lipinski definition) is 0. The molecule has 0 atom stereocenters. The Labute approximate surface area is 109 Å². The molecule has 1 nitrogen and oxygen atoms in total. The zero-order chi connectivity index (χ0) is 14.0. The second-order valence-electron chi connectivity index (χ2n) is 6.11. The fourth-order valence-electron chi connectivity index (χ4n) is 1.34. The van der Waals surface area contributed by atoms with Crippen LogP contribution in [0, 0.1) is 11.6 Å². The molecule has 0 aliphatic carbocycles. The second kappa shape index (κ2) is 5.49. The van der Waals surface area contributed by atoms with E-state index in [-0.39, 0.29) is 5.04 Å². The van der Waals surface area contributed by atoms with Gasteiger partial charge in [0.25, 0.3) is 0 Å². The van der Waals surface area contributed by atoms with Gasteiger partial charge in [0.2, 0.25) is 0 Å². The van der Waals surface area contributed by atoms with Gasteiger partial charge in [-0.3, -0.25) is 0 Å². The van der Waals surface area contributed by atoms with E-state index in [0.29, 0.717) is 13.0 Å². The molecule has 1 aromatic carbocycles. The molecule has 0 aliphatic rings. The summed E-state index contributed by atoms with van der Waals surface area (Å²) in [5.74, 6) is -1.59. The van der Waals surface area contributed by atoms with Gasteiger partial charge in [-0.05, 0) is 42.2 Å². The maximum atomic E-state index is 13.0. The minimum Gasteiger partial charge on any atom is -0.416 e. The predicted molar refractivity (Wildman–Crippen MR) is 73.2 cm³/mol. The number of halogens is 2. The predicted octanol–water partition coefficient (Wildman–Crippen LogP) is 4.53. The molecule has 0 fully saturated rings. The Balaban J connectivity index is 2.54. The minimum atomic E-state index is -1.75. The minimum absolute atomic E-state index is 0.168. The van der Waals surface area contributed by atoms with Crippen LogP contribution < -0.4 is 0 Å². The van der Waals surface area contributed by atoms with Crippen LogP contribution in [0.1, 0.15) is 26.3 Å². The SMILES string of the molecule is CC(C)(C)[Si](C)(C)OCCc1ccc(F)c(F)c1. The monoisotopic (exact) mass is 272 g/mol. The molecule has 0 aliphatic heterocycles. The quantitative estimate of drug-likeness (QED) is 0.732. The zero-order valence-electron chi connectivity index (χ0n) is 11.8. The number of benzene rings is 1. The Hall–Kier alpha value is -0.743. The largest absolute Gasteiger partial charge is 0.416 e. The molecule has 0 radical (unpaired) electrons. The molecule has 0 saturated heterocycles. The summed E-state index contributed by atoms with van der Waals surface area (Å²) in [6.07, 6.45) is 0.615. The van der Waals surface area contributed by atoms with E-state index in [1.807, 2.05) is 0 Å². The maximum absolute atomic E-state index is 13.0. The van der Waals surface area contributed by atoms with Crippen LogP contribution in [0.3, 0.4) is 0 Å². The second-order valence-corrected chi connectivity index (χ2v) is 10.9. The molecule has 0 heterocycles. The van der Waals surface area contributed by atoms with Gasteiger partial charge in [-0.2, -0.15) is 0 Å². The summed E-state index contributed by atoms with van der Waals surface area (Å²) < 4.78 is 31.8. The summed E-state index contributed by atoms with van der Waals surface area (Å²) in [4.78, 5) is 0. The first-order valence-corrected chi connectivity index (χ1v) is 9.12. The first kappa shape index (κ1) is 15.3. The standard InChI is InChI=1S/C14H22F2OSi/c1-14(2,3)18(4,5)17-9-8-11-6-7-12(15)13(16)10-11/h6-7,10H,8-9H2,1-5H3. The Bertz CT molecular complexity index is 411. The van der Waals surface area contributed by atoms with Crippen LogP contribution in [-0.4, -0.2) is 14.9 Å². The van der Waals surface area contributed by atoms with Crippen molar-refractivity contribution in [1.29, 1.82) is 0 Å². The van der Waals surface area contributed by atoms with E-state index in [1.165, 1.54) is 6.07 Å². The van der Waals surface area contributed by atoms with Crippen LogP contribution in [0.2, 0.25) is 18.1 Å². The molecular weight excluding hydrogens is 250 g/mol. The summed E-state index contributed by atoms with van der Waals surface area (Å²) in [5.41, 5.74) is 0.771. The molecule has 0 aromatic heterocycles. The third-order valence-electron chi connectivity index (χ3n) is 3.64. The van der Waals surface area contributed by atoms with Gasteiger partial charge in [0.15, 0.2) is 20.0 Å². The van der Waals surface area contributed by atoms with Gasteiger partial charge >= 0.3 is 0 Å². The Morgan fingerprint density at radius 2 is 1.72 bits per heavy atom. The van der Waals surface area contributed by atoms with Crippen LogP contribution in [0.5, 0.6) is 0 Å².